The Morgan fingerprint density at radius 3 is 2.29 bits per heavy atom. The summed E-state index contributed by atoms with van der Waals surface area (Å²) in [5.74, 6) is -0.796. The molecule has 3 aromatic rings. The monoisotopic (exact) mass is 504 g/mol. The largest absolute Gasteiger partial charge is 0.497 e. The van der Waals surface area contributed by atoms with E-state index >= 15 is 0 Å². The average molecular weight is 505 g/mol. The van der Waals surface area contributed by atoms with Gasteiger partial charge in [-0.05, 0) is 54.6 Å². The number of likely N-dealkylation sites (tertiary alicyclic amines) is 1. The van der Waals surface area contributed by atoms with Crippen LogP contribution in [0, 0.1) is 5.82 Å². The minimum absolute atomic E-state index is 0.0123. The zero-order valence-electron chi connectivity index (χ0n) is 18.0. The number of hydrogen-bond donors (Lipinski definition) is 1. The number of anilines is 1. The molecule has 0 aromatic heterocycles. The van der Waals surface area contributed by atoms with Crippen molar-refractivity contribution in [2.24, 2.45) is 0 Å². The zero-order chi connectivity index (χ0) is 24.5. The van der Waals surface area contributed by atoms with Gasteiger partial charge in [-0.15, -0.1) is 0 Å². The van der Waals surface area contributed by atoms with E-state index in [9.17, 15) is 26.0 Å². The highest BCUT2D eigenvalue weighted by atomic mass is 32.2. The van der Waals surface area contributed by atoms with Gasteiger partial charge in [-0.1, -0.05) is 18.2 Å². The Morgan fingerprint density at radius 2 is 1.65 bits per heavy atom. The summed E-state index contributed by atoms with van der Waals surface area (Å²) < 4.78 is 71.9. The van der Waals surface area contributed by atoms with E-state index in [-0.39, 0.29) is 29.2 Å². The van der Waals surface area contributed by atoms with E-state index in [2.05, 4.69) is 4.72 Å². The van der Waals surface area contributed by atoms with E-state index in [1.807, 2.05) is 0 Å². The lowest BCUT2D eigenvalue weighted by atomic mass is 10.1. The normalized spacial score (nSPS) is 14.4. The van der Waals surface area contributed by atoms with Crippen LogP contribution in [0.5, 0.6) is 5.75 Å². The molecule has 4 rings (SSSR count). The number of nitrogens with zero attached hydrogens (tertiary/aromatic N) is 1. The Hall–Kier alpha value is -3.44. The van der Waals surface area contributed by atoms with Gasteiger partial charge in [-0.2, -0.15) is 0 Å². The first kappa shape index (κ1) is 23.7. The zero-order valence-corrected chi connectivity index (χ0v) is 19.6. The van der Waals surface area contributed by atoms with Crippen molar-refractivity contribution in [3.63, 3.8) is 0 Å². The van der Waals surface area contributed by atoms with Gasteiger partial charge < -0.3 is 9.64 Å². The lowest BCUT2D eigenvalue weighted by molar-refractivity contribution is 0.0659. The van der Waals surface area contributed by atoms with Crippen molar-refractivity contribution in [3.05, 3.63) is 84.2 Å². The van der Waals surface area contributed by atoms with Gasteiger partial charge in [0, 0.05) is 24.3 Å². The van der Waals surface area contributed by atoms with E-state index < -0.39 is 41.7 Å². The van der Waals surface area contributed by atoms with E-state index in [0.717, 1.165) is 12.1 Å². The van der Waals surface area contributed by atoms with Gasteiger partial charge in [-0.3, -0.25) is 9.52 Å². The molecule has 34 heavy (non-hydrogen) atoms. The number of halogens is 1. The van der Waals surface area contributed by atoms with E-state index in [4.69, 9.17) is 4.74 Å². The third-order valence-corrected chi connectivity index (χ3v) is 8.97. The first-order valence-electron chi connectivity index (χ1n) is 10.2. The van der Waals surface area contributed by atoms with Gasteiger partial charge in [0.25, 0.3) is 15.9 Å². The molecule has 11 heteroatoms. The minimum atomic E-state index is -4.20. The van der Waals surface area contributed by atoms with Crippen molar-refractivity contribution in [2.45, 2.75) is 15.0 Å². The van der Waals surface area contributed by atoms with Gasteiger partial charge >= 0.3 is 0 Å². The number of hydrogen-bond acceptors (Lipinski definition) is 6. The first-order valence-corrected chi connectivity index (χ1v) is 13.2. The molecule has 0 atom stereocenters. The summed E-state index contributed by atoms with van der Waals surface area (Å²) in [6.45, 7) is 0.0246. The summed E-state index contributed by atoms with van der Waals surface area (Å²) in [5, 5.41) is -0.743. The highest BCUT2D eigenvalue weighted by Gasteiger charge is 2.40. The standard InChI is InChI=1S/C23H21FN2O6S2/c1-32-18-9-11-19(12-10-18)33(28,29)20-14-26(15-20)23(27)16-5-4-6-17(13-16)25-34(30,31)22-8-3-2-7-21(22)24/h2-13,20,25H,14-15H2,1H3. The number of carbonyl (C=O) groups excluding carboxylic acids is 1. The first-order chi connectivity index (χ1) is 16.1. The number of amides is 1. The Kier molecular flexibility index (Phi) is 6.32. The number of sulfone groups is 1. The Labute approximate surface area is 197 Å². The van der Waals surface area contributed by atoms with Crippen LogP contribution < -0.4 is 9.46 Å². The van der Waals surface area contributed by atoms with Crippen LogP contribution in [-0.2, 0) is 19.9 Å². The smallest absolute Gasteiger partial charge is 0.264 e. The Morgan fingerprint density at radius 1 is 0.971 bits per heavy atom. The molecule has 1 N–H and O–H groups in total. The fraction of sp³-hybridized carbons (Fsp3) is 0.174. The molecule has 8 nitrogen and oxygen atoms in total. The Balaban J connectivity index is 1.45. The topological polar surface area (TPSA) is 110 Å². The number of methoxy groups -OCH3 is 1. The van der Waals surface area contributed by atoms with Gasteiger partial charge in [0.05, 0.1) is 12.0 Å². The molecule has 1 fully saturated rings. The maximum Gasteiger partial charge on any atom is 0.264 e. The second-order valence-corrected chi connectivity index (χ2v) is 11.5. The lowest BCUT2D eigenvalue weighted by Crippen LogP contribution is -2.56. The quantitative estimate of drug-likeness (QED) is 0.530. The van der Waals surface area contributed by atoms with Crippen LogP contribution in [0.4, 0.5) is 10.1 Å². The lowest BCUT2D eigenvalue weighted by Gasteiger charge is -2.38. The minimum Gasteiger partial charge on any atom is -0.497 e. The molecule has 1 saturated heterocycles. The molecule has 1 aliphatic rings. The van der Waals surface area contributed by atoms with Gasteiger partial charge in [0.15, 0.2) is 9.84 Å². The third-order valence-electron chi connectivity index (χ3n) is 5.45. The summed E-state index contributed by atoms with van der Waals surface area (Å²) in [6, 6.07) is 16.7. The molecule has 0 unspecified atom stereocenters. The van der Waals surface area contributed by atoms with Crippen molar-refractivity contribution in [3.8, 4) is 5.75 Å². The predicted octanol–water partition coefficient (Wildman–Crippen LogP) is 2.93. The van der Waals surface area contributed by atoms with Crippen molar-refractivity contribution in [2.75, 3.05) is 24.9 Å². The fourth-order valence-electron chi connectivity index (χ4n) is 3.53. The summed E-state index contributed by atoms with van der Waals surface area (Å²) in [6.07, 6.45) is 0. The van der Waals surface area contributed by atoms with E-state index in [1.54, 1.807) is 12.1 Å². The summed E-state index contributed by atoms with van der Waals surface area (Å²) in [7, 11) is -6.33. The molecule has 0 spiro atoms. The summed E-state index contributed by atoms with van der Waals surface area (Å²) in [5.41, 5.74) is 0.256. The van der Waals surface area contributed by atoms with Crippen LogP contribution in [-0.4, -0.2) is 53.1 Å². The van der Waals surface area contributed by atoms with Gasteiger partial charge in [0.2, 0.25) is 0 Å². The predicted molar refractivity (Wildman–Crippen MR) is 124 cm³/mol. The molecule has 1 aliphatic heterocycles. The van der Waals surface area contributed by atoms with Crippen LogP contribution in [0.25, 0.3) is 0 Å². The molecule has 1 heterocycles. The van der Waals surface area contributed by atoms with Gasteiger partial charge in [-0.25, -0.2) is 21.2 Å². The molecule has 0 bridgehead atoms. The SMILES string of the molecule is COc1ccc(S(=O)(=O)C2CN(C(=O)c3cccc(NS(=O)(=O)c4ccccc4F)c3)C2)cc1. The van der Waals surface area contributed by atoms with Crippen molar-refractivity contribution in [1.82, 2.24) is 4.90 Å². The van der Waals surface area contributed by atoms with Crippen molar-refractivity contribution >= 4 is 31.5 Å². The maximum absolute atomic E-state index is 13.9. The second-order valence-electron chi connectivity index (χ2n) is 7.67. The molecule has 3 aromatic carbocycles. The molecule has 178 valence electrons. The number of carbonyl (C=O) groups is 1. The molecule has 0 aliphatic carbocycles. The Bertz CT molecular complexity index is 1430. The van der Waals surface area contributed by atoms with E-state index in [1.165, 1.54) is 60.5 Å². The van der Waals surface area contributed by atoms with Crippen LogP contribution in [0.3, 0.4) is 0 Å². The second kappa shape index (κ2) is 9.07. The van der Waals surface area contributed by atoms with Crippen LogP contribution >= 0.6 is 0 Å². The maximum atomic E-state index is 13.9. The average Bonchev–Trinajstić information content (AvgIpc) is 2.78. The number of nitrogens with one attached hydrogen (secondary N) is 1. The highest BCUT2D eigenvalue weighted by molar-refractivity contribution is 7.92. The summed E-state index contributed by atoms with van der Waals surface area (Å²) in [4.78, 5) is 13.8. The van der Waals surface area contributed by atoms with Crippen LogP contribution in [0.1, 0.15) is 10.4 Å². The summed E-state index contributed by atoms with van der Waals surface area (Å²) >= 11 is 0. The molecule has 0 radical (unpaired) electrons. The third kappa shape index (κ3) is 4.62. The number of sulfonamides is 1. The molecular formula is C23H21FN2O6S2. The number of ether oxygens (including phenoxy) is 1. The van der Waals surface area contributed by atoms with Crippen molar-refractivity contribution < 1.29 is 30.8 Å². The number of benzene rings is 3. The molecule has 1 amide bonds. The highest BCUT2D eigenvalue weighted by Crippen LogP contribution is 2.27. The van der Waals surface area contributed by atoms with E-state index in [0.29, 0.717) is 5.75 Å². The fourth-order valence-corrected chi connectivity index (χ4v) is 6.31. The van der Waals surface area contributed by atoms with Crippen molar-refractivity contribution in [1.29, 1.82) is 0 Å². The van der Waals surface area contributed by atoms with Gasteiger partial charge in [0.1, 0.15) is 21.7 Å². The molecular weight excluding hydrogens is 483 g/mol. The van der Waals surface area contributed by atoms with Crippen LogP contribution in [0.15, 0.2) is 82.6 Å². The molecule has 0 saturated carbocycles. The van der Waals surface area contributed by atoms with Crippen LogP contribution in [0.2, 0.25) is 0 Å². The number of rotatable bonds is 7.